The zero-order chi connectivity index (χ0) is 16.3. The largest absolute Gasteiger partial charge is 0.354 e. The predicted molar refractivity (Wildman–Crippen MR) is 88.0 cm³/mol. The number of likely N-dealkylation sites (N-methyl/N-ethyl adjacent to an activating group) is 1. The Hall–Kier alpha value is -1.19. The van der Waals surface area contributed by atoms with Crippen molar-refractivity contribution in [2.75, 3.05) is 44.1 Å². The van der Waals surface area contributed by atoms with Gasteiger partial charge in [0.1, 0.15) is 0 Å². The number of nitrogens with zero attached hydrogens (tertiary/aromatic N) is 3. The van der Waals surface area contributed by atoms with E-state index in [2.05, 4.69) is 10.3 Å². The number of aromatic nitrogens is 1. The third kappa shape index (κ3) is 4.65. The predicted octanol–water partition coefficient (Wildman–Crippen LogP) is -0.0558. The van der Waals surface area contributed by atoms with Crippen molar-refractivity contribution in [1.82, 2.24) is 15.2 Å². The van der Waals surface area contributed by atoms with Crippen LogP contribution in [0.25, 0.3) is 0 Å². The van der Waals surface area contributed by atoms with E-state index in [0.717, 1.165) is 10.8 Å². The maximum Gasteiger partial charge on any atom is 0.234 e. The van der Waals surface area contributed by atoms with Gasteiger partial charge < -0.3 is 10.2 Å². The lowest BCUT2D eigenvalue weighted by atomic mass is 10.2. The van der Waals surface area contributed by atoms with Gasteiger partial charge >= 0.3 is 0 Å². The van der Waals surface area contributed by atoms with Gasteiger partial charge in [-0.3, -0.25) is 9.69 Å². The standard InChI is InChI=1S/C13H22N4O3S2/c1-16(2)13-15-10(8-21-13)6-14-12(18)7-17(3)11-4-5-22(19,20)9-11/h8,11H,4-7,9H2,1-3H3,(H,14,18)/t11-/m0/s1. The van der Waals surface area contributed by atoms with E-state index in [0.29, 0.717) is 13.0 Å². The van der Waals surface area contributed by atoms with Crippen LogP contribution in [0.2, 0.25) is 0 Å². The third-order valence-corrected chi connectivity index (χ3v) is 6.42. The molecule has 22 heavy (non-hydrogen) atoms. The Morgan fingerprint density at radius 1 is 1.45 bits per heavy atom. The molecule has 2 rings (SSSR count). The van der Waals surface area contributed by atoms with E-state index in [1.165, 1.54) is 11.3 Å². The molecule has 1 aliphatic rings. The van der Waals surface area contributed by atoms with Gasteiger partial charge in [0, 0.05) is 25.5 Å². The number of anilines is 1. The van der Waals surface area contributed by atoms with Crippen molar-refractivity contribution in [3.63, 3.8) is 0 Å². The van der Waals surface area contributed by atoms with Crippen molar-refractivity contribution < 1.29 is 13.2 Å². The monoisotopic (exact) mass is 346 g/mol. The fourth-order valence-electron chi connectivity index (χ4n) is 2.31. The fraction of sp³-hybridized carbons (Fsp3) is 0.692. The van der Waals surface area contributed by atoms with E-state index in [1.807, 2.05) is 29.3 Å². The molecule has 1 aromatic rings. The Kier molecular flexibility index (Phi) is 5.41. The van der Waals surface area contributed by atoms with Crippen LogP contribution in [0.3, 0.4) is 0 Å². The highest BCUT2D eigenvalue weighted by atomic mass is 32.2. The molecule has 7 nitrogen and oxygen atoms in total. The van der Waals surface area contributed by atoms with Crippen molar-refractivity contribution >= 4 is 32.2 Å². The molecule has 1 aliphatic heterocycles. The van der Waals surface area contributed by atoms with Crippen molar-refractivity contribution in [2.45, 2.75) is 19.0 Å². The van der Waals surface area contributed by atoms with Gasteiger partial charge in [0.25, 0.3) is 0 Å². The van der Waals surface area contributed by atoms with Gasteiger partial charge in [-0.25, -0.2) is 13.4 Å². The zero-order valence-electron chi connectivity index (χ0n) is 13.1. The van der Waals surface area contributed by atoms with Gasteiger partial charge in [0.15, 0.2) is 15.0 Å². The molecule has 0 aliphatic carbocycles. The molecule has 1 amide bonds. The van der Waals surface area contributed by atoms with E-state index in [4.69, 9.17) is 0 Å². The van der Waals surface area contributed by atoms with E-state index >= 15 is 0 Å². The smallest absolute Gasteiger partial charge is 0.234 e. The maximum absolute atomic E-state index is 11.9. The molecule has 0 bridgehead atoms. The summed E-state index contributed by atoms with van der Waals surface area (Å²) in [4.78, 5) is 20.1. The van der Waals surface area contributed by atoms with Crippen LogP contribution in [0.5, 0.6) is 0 Å². The Labute approximate surface area is 135 Å². The first kappa shape index (κ1) is 17.2. The highest BCUT2D eigenvalue weighted by molar-refractivity contribution is 7.91. The van der Waals surface area contributed by atoms with Gasteiger partial charge in [-0.05, 0) is 13.5 Å². The van der Waals surface area contributed by atoms with Gasteiger partial charge in [-0.2, -0.15) is 0 Å². The van der Waals surface area contributed by atoms with Crippen LogP contribution >= 0.6 is 11.3 Å². The Balaban J connectivity index is 1.77. The minimum absolute atomic E-state index is 0.0598. The summed E-state index contributed by atoms with van der Waals surface area (Å²) in [5.41, 5.74) is 0.827. The molecule has 0 aromatic carbocycles. The Morgan fingerprint density at radius 3 is 2.73 bits per heavy atom. The number of nitrogens with one attached hydrogen (secondary N) is 1. The number of amides is 1. The highest BCUT2D eigenvalue weighted by Gasteiger charge is 2.31. The molecular weight excluding hydrogens is 324 g/mol. The zero-order valence-corrected chi connectivity index (χ0v) is 14.7. The summed E-state index contributed by atoms with van der Waals surface area (Å²) in [5.74, 6) is 0.247. The molecule has 1 aromatic heterocycles. The normalized spacial score (nSPS) is 20.3. The van der Waals surface area contributed by atoms with Crippen LogP contribution in [0, 0.1) is 0 Å². The molecule has 1 saturated heterocycles. The Morgan fingerprint density at radius 2 is 2.18 bits per heavy atom. The summed E-state index contributed by atoms with van der Waals surface area (Å²) in [5, 5.41) is 5.64. The van der Waals surface area contributed by atoms with E-state index in [1.54, 1.807) is 7.05 Å². The second-order valence-corrected chi connectivity index (χ2v) is 8.83. The molecule has 1 N–H and O–H groups in total. The first-order chi connectivity index (χ1) is 10.3. The molecule has 0 radical (unpaired) electrons. The summed E-state index contributed by atoms with van der Waals surface area (Å²) < 4.78 is 22.9. The molecule has 124 valence electrons. The number of hydrogen-bond acceptors (Lipinski definition) is 7. The molecular formula is C13H22N4O3S2. The fourth-order valence-corrected chi connectivity index (χ4v) is 4.87. The Bertz CT molecular complexity index is 627. The van der Waals surface area contributed by atoms with Gasteiger partial charge in [-0.1, -0.05) is 0 Å². The lowest BCUT2D eigenvalue weighted by molar-refractivity contribution is -0.122. The summed E-state index contributed by atoms with van der Waals surface area (Å²) in [7, 11) is 2.71. The maximum atomic E-state index is 11.9. The number of carbonyl (C=O) groups is 1. The number of thiazole rings is 1. The van der Waals surface area contributed by atoms with Crippen LogP contribution in [0.15, 0.2) is 5.38 Å². The molecule has 0 spiro atoms. The number of sulfone groups is 1. The lowest BCUT2D eigenvalue weighted by Gasteiger charge is -2.22. The van der Waals surface area contributed by atoms with E-state index < -0.39 is 9.84 Å². The summed E-state index contributed by atoms with van der Waals surface area (Å²) in [6, 6.07) is -0.0598. The summed E-state index contributed by atoms with van der Waals surface area (Å²) >= 11 is 1.53. The molecule has 1 atom stereocenters. The average Bonchev–Trinajstić information content (AvgIpc) is 3.02. The molecule has 9 heteroatoms. The topological polar surface area (TPSA) is 82.6 Å². The van der Waals surface area contributed by atoms with Crippen molar-refractivity contribution in [3.05, 3.63) is 11.1 Å². The second-order valence-electron chi connectivity index (χ2n) is 5.76. The molecule has 0 saturated carbocycles. The van der Waals surface area contributed by atoms with Crippen LogP contribution < -0.4 is 10.2 Å². The minimum atomic E-state index is -2.92. The van der Waals surface area contributed by atoms with Crippen LogP contribution in [-0.2, 0) is 21.2 Å². The SMILES string of the molecule is CN(C)c1nc(CNC(=O)CN(C)[C@H]2CCS(=O)(=O)C2)cs1. The van der Waals surface area contributed by atoms with Crippen LogP contribution in [0.1, 0.15) is 12.1 Å². The van der Waals surface area contributed by atoms with E-state index in [9.17, 15) is 13.2 Å². The van der Waals surface area contributed by atoms with E-state index in [-0.39, 0.29) is 30.0 Å². The third-order valence-electron chi connectivity index (χ3n) is 3.61. The summed E-state index contributed by atoms with van der Waals surface area (Å²) in [6.45, 7) is 0.588. The van der Waals surface area contributed by atoms with Crippen LogP contribution in [-0.4, -0.2) is 69.4 Å². The lowest BCUT2D eigenvalue weighted by Crippen LogP contribution is -2.41. The second kappa shape index (κ2) is 6.93. The van der Waals surface area contributed by atoms with Crippen LogP contribution in [0.4, 0.5) is 5.13 Å². The van der Waals surface area contributed by atoms with Gasteiger partial charge in [-0.15, -0.1) is 11.3 Å². The first-order valence-electron chi connectivity index (χ1n) is 7.06. The molecule has 0 unspecified atom stereocenters. The number of carbonyl (C=O) groups excluding carboxylic acids is 1. The first-order valence-corrected chi connectivity index (χ1v) is 9.76. The number of rotatable bonds is 6. The number of hydrogen-bond donors (Lipinski definition) is 1. The van der Waals surface area contributed by atoms with Crippen molar-refractivity contribution in [2.24, 2.45) is 0 Å². The minimum Gasteiger partial charge on any atom is -0.354 e. The quantitative estimate of drug-likeness (QED) is 0.777. The van der Waals surface area contributed by atoms with Gasteiger partial charge in [0.05, 0.1) is 30.3 Å². The summed E-state index contributed by atoms with van der Waals surface area (Å²) in [6.07, 6.45) is 0.602. The molecule has 1 fully saturated rings. The van der Waals surface area contributed by atoms with Crippen molar-refractivity contribution in [3.8, 4) is 0 Å². The highest BCUT2D eigenvalue weighted by Crippen LogP contribution is 2.18. The van der Waals surface area contributed by atoms with Gasteiger partial charge in [0.2, 0.25) is 5.91 Å². The van der Waals surface area contributed by atoms with Crippen molar-refractivity contribution in [1.29, 1.82) is 0 Å². The molecule has 2 heterocycles. The average molecular weight is 346 g/mol.